The fourth-order valence-electron chi connectivity index (χ4n) is 1.37. The summed E-state index contributed by atoms with van der Waals surface area (Å²) in [7, 11) is 0. The Morgan fingerprint density at radius 2 is 2.55 bits per heavy atom. The highest BCUT2D eigenvalue weighted by atomic mass is 16.2. The van der Waals surface area contributed by atoms with Crippen LogP contribution in [0, 0.1) is 5.92 Å². The molecule has 0 aromatic rings. The van der Waals surface area contributed by atoms with E-state index in [9.17, 15) is 0 Å². The Morgan fingerprint density at radius 1 is 1.64 bits per heavy atom. The molecule has 1 aliphatic heterocycles. The smallest absolute Gasteiger partial charge is 0.0751 e. The Labute approximate surface area is 67.7 Å². The van der Waals surface area contributed by atoms with Gasteiger partial charge in [0.25, 0.3) is 0 Å². The molecule has 1 heterocycles. The summed E-state index contributed by atoms with van der Waals surface area (Å²) in [6, 6.07) is 0. The zero-order chi connectivity index (χ0) is 7.94. The zero-order valence-electron chi connectivity index (χ0n) is 6.74. The van der Waals surface area contributed by atoms with Crippen molar-refractivity contribution in [3.05, 3.63) is 12.3 Å². The molecule has 1 rings (SSSR count). The molecule has 0 saturated carbocycles. The lowest BCUT2D eigenvalue weighted by molar-refractivity contribution is 0.457. The summed E-state index contributed by atoms with van der Waals surface area (Å²) in [6.07, 6.45) is 9.48. The lowest BCUT2D eigenvalue weighted by atomic mass is 9.97. The second-order valence-corrected chi connectivity index (χ2v) is 2.95. The molecular weight excluding hydrogens is 138 g/mol. The highest BCUT2D eigenvalue weighted by Crippen LogP contribution is 2.17. The lowest BCUT2D eigenvalue weighted by Gasteiger charge is -2.07. The van der Waals surface area contributed by atoms with Gasteiger partial charge in [0.05, 0.1) is 6.26 Å². The van der Waals surface area contributed by atoms with Crippen LogP contribution >= 0.6 is 0 Å². The third kappa shape index (κ3) is 3.21. The molecular formula is C9H15NO. The fourth-order valence-corrected chi connectivity index (χ4v) is 1.37. The van der Waals surface area contributed by atoms with E-state index in [0.717, 1.165) is 25.6 Å². The van der Waals surface area contributed by atoms with Gasteiger partial charge in [-0.3, -0.25) is 4.99 Å². The van der Waals surface area contributed by atoms with Crippen LogP contribution in [0.4, 0.5) is 0 Å². The standard InChI is InChI=1S/C9H15NO/c11-8-2-4-9-3-1-6-10-7-5-9/h2,7-9,11H,1,3-6H2/b8-2-. The van der Waals surface area contributed by atoms with Gasteiger partial charge in [-0.2, -0.15) is 0 Å². The monoisotopic (exact) mass is 153 g/mol. The maximum atomic E-state index is 8.45. The number of aliphatic imine (C=N–C) groups is 1. The number of rotatable bonds is 2. The van der Waals surface area contributed by atoms with E-state index < -0.39 is 0 Å². The van der Waals surface area contributed by atoms with Crippen molar-refractivity contribution >= 4 is 6.21 Å². The number of hydrogen-bond donors (Lipinski definition) is 1. The topological polar surface area (TPSA) is 32.6 Å². The van der Waals surface area contributed by atoms with E-state index in [1.165, 1.54) is 12.8 Å². The van der Waals surface area contributed by atoms with Gasteiger partial charge in [0.2, 0.25) is 0 Å². The first-order valence-electron chi connectivity index (χ1n) is 4.21. The summed E-state index contributed by atoms with van der Waals surface area (Å²) < 4.78 is 0. The maximum absolute atomic E-state index is 8.45. The van der Waals surface area contributed by atoms with Crippen molar-refractivity contribution in [3.63, 3.8) is 0 Å². The molecule has 1 unspecified atom stereocenters. The quantitative estimate of drug-likeness (QED) is 0.607. The molecule has 0 aromatic carbocycles. The number of aliphatic hydroxyl groups excluding tert-OH is 1. The molecule has 0 radical (unpaired) electrons. The summed E-state index contributed by atoms with van der Waals surface area (Å²) in [5.74, 6) is 0.699. The van der Waals surface area contributed by atoms with Crippen LogP contribution in [0.2, 0.25) is 0 Å². The number of hydrogen-bond acceptors (Lipinski definition) is 2. The van der Waals surface area contributed by atoms with E-state index in [1.807, 2.05) is 12.3 Å². The van der Waals surface area contributed by atoms with Crippen LogP contribution in [0.1, 0.15) is 25.7 Å². The average Bonchev–Trinajstić information content (AvgIpc) is 2.28. The van der Waals surface area contributed by atoms with Crippen molar-refractivity contribution in [1.29, 1.82) is 0 Å². The second-order valence-electron chi connectivity index (χ2n) is 2.95. The predicted octanol–water partition coefficient (Wildman–Crippen LogP) is 2.32. The summed E-state index contributed by atoms with van der Waals surface area (Å²) in [5, 5.41) is 8.45. The predicted molar refractivity (Wildman–Crippen MR) is 47.1 cm³/mol. The number of allylic oxidation sites excluding steroid dienone is 1. The Kier molecular flexibility index (Phi) is 3.73. The van der Waals surface area contributed by atoms with E-state index in [0.29, 0.717) is 5.92 Å². The van der Waals surface area contributed by atoms with Crippen molar-refractivity contribution in [3.8, 4) is 0 Å². The molecule has 0 aliphatic carbocycles. The van der Waals surface area contributed by atoms with Gasteiger partial charge in [-0.1, -0.05) is 0 Å². The lowest BCUT2D eigenvalue weighted by Crippen LogP contribution is -1.97. The number of nitrogens with zero attached hydrogens (tertiary/aromatic N) is 1. The number of aliphatic hydroxyl groups is 1. The first-order valence-corrected chi connectivity index (χ1v) is 4.21. The first-order chi connectivity index (χ1) is 5.43. The van der Waals surface area contributed by atoms with Gasteiger partial charge >= 0.3 is 0 Å². The minimum absolute atomic E-state index is 0.699. The van der Waals surface area contributed by atoms with Gasteiger partial charge in [0.1, 0.15) is 0 Å². The highest BCUT2D eigenvalue weighted by Gasteiger charge is 2.07. The molecule has 1 aliphatic rings. The van der Waals surface area contributed by atoms with E-state index >= 15 is 0 Å². The Morgan fingerprint density at radius 3 is 3.36 bits per heavy atom. The largest absolute Gasteiger partial charge is 0.516 e. The molecule has 0 amide bonds. The summed E-state index contributed by atoms with van der Waals surface area (Å²) in [6.45, 7) is 0.985. The minimum atomic E-state index is 0.699. The summed E-state index contributed by atoms with van der Waals surface area (Å²) in [4.78, 5) is 4.22. The van der Waals surface area contributed by atoms with Crippen LogP contribution in [-0.4, -0.2) is 17.9 Å². The molecule has 2 nitrogen and oxygen atoms in total. The normalized spacial score (nSPS) is 25.6. The molecule has 1 atom stereocenters. The van der Waals surface area contributed by atoms with Crippen LogP contribution < -0.4 is 0 Å². The highest BCUT2D eigenvalue weighted by molar-refractivity contribution is 5.57. The van der Waals surface area contributed by atoms with Crippen LogP contribution in [0.25, 0.3) is 0 Å². The van der Waals surface area contributed by atoms with Crippen LogP contribution in [0.15, 0.2) is 17.3 Å². The van der Waals surface area contributed by atoms with Crippen molar-refractivity contribution < 1.29 is 5.11 Å². The van der Waals surface area contributed by atoms with E-state index in [4.69, 9.17) is 5.11 Å². The van der Waals surface area contributed by atoms with Crippen LogP contribution in [-0.2, 0) is 0 Å². The van der Waals surface area contributed by atoms with Crippen molar-refractivity contribution in [2.75, 3.05) is 6.54 Å². The van der Waals surface area contributed by atoms with E-state index in [-0.39, 0.29) is 0 Å². The van der Waals surface area contributed by atoms with Crippen LogP contribution in [0.3, 0.4) is 0 Å². The molecule has 62 valence electrons. The van der Waals surface area contributed by atoms with Crippen molar-refractivity contribution in [1.82, 2.24) is 0 Å². The molecule has 1 N–H and O–H groups in total. The third-order valence-electron chi connectivity index (χ3n) is 2.04. The van der Waals surface area contributed by atoms with Gasteiger partial charge in [-0.25, -0.2) is 0 Å². The maximum Gasteiger partial charge on any atom is 0.0751 e. The van der Waals surface area contributed by atoms with E-state index in [1.54, 1.807) is 0 Å². The van der Waals surface area contributed by atoms with Gasteiger partial charge in [-0.15, -0.1) is 0 Å². The molecule has 0 fully saturated rings. The van der Waals surface area contributed by atoms with E-state index in [2.05, 4.69) is 4.99 Å². The zero-order valence-corrected chi connectivity index (χ0v) is 6.74. The molecule has 0 spiro atoms. The molecule has 0 aromatic heterocycles. The summed E-state index contributed by atoms with van der Waals surface area (Å²) in [5.41, 5.74) is 0. The first kappa shape index (κ1) is 8.31. The minimum Gasteiger partial charge on any atom is -0.516 e. The Balaban J connectivity index is 2.26. The molecule has 11 heavy (non-hydrogen) atoms. The molecule has 0 saturated heterocycles. The fraction of sp³-hybridized carbons (Fsp3) is 0.667. The van der Waals surface area contributed by atoms with Gasteiger partial charge in [0.15, 0.2) is 0 Å². The SMILES string of the molecule is O/C=C\CC1CC=NCCC1. The summed E-state index contributed by atoms with van der Waals surface area (Å²) >= 11 is 0. The Bertz CT molecular complexity index is 152. The van der Waals surface area contributed by atoms with Crippen molar-refractivity contribution in [2.24, 2.45) is 10.9 Å². The Hall–Kier alpha value is -0.790. The van der Waals surface area contributed by atoms with Gasteiger partial charge in [0, 0.05) is 6.54 Å². The second kappa shape index (κ2) is 4.94. The average molecular weight is 153 g/mol. The van der Waals surface area contributed by atoms with Gasteiger partial charge < -0.3 is 5.11 Å². The third-order valence-corrected chi connectivity index (χ3v) is 2.04. The van der Waals surface area contributed by atoms with Crippen molar-refractivity contribution in [2.45, 2.75) is 25.7 Å². The van der Waals surface area contributed by atoms with Gasteiger partial charge in [-0.05, 0) is 43.9 Å². The molecule has 0 bridgehead atoms. The van der Waals surface area contributed by atoms with Crippen LogP contribution in [0.5, 0.6) is 0 Å². The molecule has 2 heteroatoms.